The standard InChI is InChI=1S/C27H35NO/c1-2-3-4-8-11-27(29)28-19-18-25-20-24(16-17-26(25)28)23-14-12-22(13-15-23)21-9-6-5-7-10-21/h12-17,20-21H,2-11,18-19H2,1H3. The molecule has 2 nitrogen and oxygen atoms in total. The summed E-state index contributed by atoms with van der Waals surface area (Å²) in [6.07, 6.45) is 13.1. The van der Waals surface area contributed by atoms with Gasteiger partial charge in [0.05, 0.1) is 0 Å². The van der Waals surface area contributed by atoms with Crippen molar-refractivity contribution in [1.82, 2.24) is 0 Å². The third-order valence-corrected chi connectivity index (χ3v) is 6.84. The molecule has 2 aliphatic rings. The number of hydrogen-bond acceptors (Lipinski definition) is 1. The number of unbranched alkanes of at least 4 members (excludes halogenated alkanes) is 3. The number of rotatable bonds is 7. The van der Waals surface area contributed by atoms with Crippen molar-refractivity contribution in [1.29, 1.82) is 0 Å². The van der Waals surface area contributed by atoms with E-state index in [1.807, 2.05) is 4.90 Å². The summed E-state index contributed by atoms with van der Waals surface area (Å²) in [7, 11) is 0. The van der Waals surface area contributed by atoms with Crippen molar-refractivity contribution in [2.45, 2.75) is 83.5 Å². The fourth-order valence-corrected chi connectivity index (χ4v) is 5.06. The maximum absolute atomic E-state index is 12.6. The highest BCUT2D eigenvalue weighted by Gasteiger charge is 2.24. The van der Waals surface area contributed by atoms with E-state index in [0.29, 0.717) is 12.3 Å². The summed E-state index contributed by atoms with van der Waals surface area (Å²) in [6, 6.07) is 15.9. The van der Waals surface area contributed by atoms with E-state index >= 15 is 0 Å². The van der Waals surface area contributed by atoms with Crippen LogP contribution in [0.5, 0.6) is 0 Å². The van der Waals surface area contributed by atoms with Crippen LogP contribution in [0.4, 0.5) is 5.69 Å². The van der Waals surface area contributed by atoms with Crippen LogP contribution in [0, 0.1) is 0 Å². The first-order valence-corrected chi connectivity index (χ1v) is 11.8. The SMILES string of the molecule is CCCCCCC(=O)N1CCc2cc(-c3ccc(C4CCCCC4)cc3)ccc21. The molecule has 1 aliphatic heterocycles. The number of fused-ring (bicyclic) bond motifs is 1. The molecule has 0 aromatic heterocycles. The van der Waals surface area contributed by atoms with Crippen molar-refractivity contribution in [2.24, 2.45) is 0 Å². The van der Waals surface area contributed by atoms with Crippen molar-refractivity contribution < 1.29 is 4.79 Å². The maximum Gasteiger partial charge on any atom is 0.226 e. The molecule has 0 bridgehead atoms. The van der Waals surface area contributed by atoms with Gasteiger partial charge in [-0.25, -0.2) is 0 Å². The molecule has 29 heavy (non-hydrogen) atoms. The monoisotopic (exact) mass is 389 g/mol. The largest absolute Gasteiger partial charge is 0.312 e. The molecule has 0 atom stereocenters. The third kappa shape index (κ3) is 4.74. The highest BCUT2D eigenvalue weighted by molar-refractivity contribution is 5.95. The fraction of sp³-hybridized carbons (Fsp3) is 0.519. The normalized spacial score (nSPS) is 16.8. The second-order valence-electron chi connectivity index (χ2n) is 8.91. The minimum Gasteiger partial charge on any atom is -0.312 e. The Morgan fingerprint density at radius 1 is 0.931 bits per heavy atom. The van der Waals surface area contributed by atoms with Gasteiger partial charge in [-0.3, -0.25) is 4.79 Å². The Morgan fingerprint density at radius 3 is 2.45 bits per heavy atom. The van der Waals surface area contributed by atoms with Gasteiger partial charge in [0.2, 0.25) is 5.91 Å². The van der Waals surface area contributed by atoms with Crippen molar-refractivity contribution in [2.75, 3.05) is 11.4 Å². The van der Waals surface area contributed by atoms with Gasteiger partial charge in [0, 0.05) is 18.7 Å². The molecule has 1 saturated carbocycles. The predicted molar refractivity (Wildman–Crippen MR) is 123 cm³/mol. The smallest absolute Gasteiger partial charge is 0.226 e. The topological polar surface area (TPSA) is 20.3 Å². The Kier molecular flexibility index (Phi) is 6.69. The summed E-state index contributed by atoms with van der Waals surface area (Å²) < 4.78 is 0. The van der Waals surface area contributed by atoms with Crippen LogP contribution in [0.1, 0.15) is 88.2 Å². The number of amides is 1. The minimum atomic E-state index is 0.296. The van der Waals surface area contributed by atoms with Crippen LogP contribution >= 0.6 is 0 Å². The molecule has 1 heterocycles. The molecule has 0 radical (unpaired) electrons. The van der Waals surface area contributed by atoms with Gasteiger partial charge in [-0.1, -0.05) is 75.8 Å². The summed E-state index contributed by atoms with van der Waals surface area (Å²) in [5, 5.41) is 0. The number of hydrogen-bond donors (Lipinski definition) is 0. The lowest BCUT2D eigenvalue weighted by molar-refractivity contribution is -0.118. The van der Waals surface area contributed by atoms with Crippen LogP contribution in [0.3, 0.4) is 0 Å². The van der Waals surface area contributed by atoms with E-state index in [9.17, 15) is 4.79 Å². The molecule has 2 aromatic carbocycles. The lowest BCUT2D eigenvalue weighted by atomic mass is 9.83. The van der Waals surface area contributed by atoms with Crippen LogP contribution in [0.15, 0.2) is 42.5 Å². The molecular formula is C27H35NO. The predicted octanol–water partition coefficient (Wildman–Crippen LogP) is 7.26. The zero-order chi connectivity index (χ0) is 20.1. The maximum atomic E-state index is 12.6. The number of carbonyl (C=O) groups excluding carboxylic acids is 1. The summed E-state index contributed by atoms with van der Waals surface area (Å²) in [5.41, 5.74) is 6.52. The molecule has 0 unspecified atom stereocenters. The van der Waals surface area contributed by atoms with Gasteiger partial charge in [-0.05, 0) is 66.0 Å². The van der Waals surface area contributed by atoms with Crippen molar-refractivity contribution in [3.05, 3.63) is 53.6 Å². The third-order valence-electron chi connectivity index (χ3n) is 6.84. The van der Waals surface area contributed by atoms with Gasteiger partial charge in [0.1, 0.15) is 0 Å². The number of nitrogens with zero attached hydrogens (tertiary/aromatic N) is 1. The zero-order valence-electron chi connectivity index (χ0n) is 18.0. The highest BCUT2D eigenvalue weighted by atomic mass is 16.2. The molecule has 0 saturated heterocycles. The van der Waals surface area contributed by atoms with Gasteiger partial charge in [-0.15, -0.1) is 0 Å². The van der Waals surface area contributed by atoms with Gasteiger partial charge in [-0.2, -0.15) is 0 Å². The fourth-order valence-electron chi connectivity index (χ4n) is 5.06. The van der Waals surface area contributed by atoms with Crippen LogP contribution in [0.2, 0.25) is 0 Å². The van der Waals surface area contributed by atoms with Crippen molar-refractivity contribution in [3.63, 3.8) is 0 Å². The van der Waals surface area contributed by atoms with Gasteiger partial charge >= 0.3 is 0 Å². The van der Waals surface area contributed by atoms with E-state index in [1.165, 1.54) is 73.6 Å². The molecule has 0 N–H and O–H groups in total. The van der Waals surface area contributed by atoms with E-state index < -0.39 is 0 Å². The van der Waals surface area contributed by atoms with Crippen LogP contribution in [-0.2, 0) is 11.2 Å². The summed E-state index contributed by atoms with van der Waals surface area (Å²) in [4.78, 5) is 14.7. The van der Waals surface area contributed by atoms with Crippen LogP contribution < -0.4 is 4.90 Å². The van der Waals surface area contributed by atoms with Gasteiger partial charge in [0.25, 0.3) is 0 Å². The Hall–Kier alpha value is -2.09. The number of anilines is 1. The van der Waals surface area contributed by atoms with Gasteiger partial charge in [0.15, 0.2) is 0 Å². The molecule has 0 spiro atoms. The van der Waals surface area contributed by atoms with E-state index in [0.717, 1.165) is 31.0 Å². The molecule has 1 fully saturated rings. The molecular weight excluding hydrogens is 354 g/mol. The number of carbonyl (C=O) groups is 1. The first kappa shape index (κ1) is 20.2. The average molecular weight is 390 g/mol. The van der Waals surface area contributed by atoms with Crippen molar-refractivity contribution in [3.8, 4) is 11.1 Å². The minimum absolute atomic E-state index is 0.296. The Balaban J connectivity index is 1.43. The Morgan fingerprint density at radius 2 is 1.69 bits per heavy atom. The average Bonchev–Trinajstić information content (AvgIpc) is 3.21. The molecule has 1 aliphatic carbocycles. The summed E-state index contributed by atoms with van der Waals surface area (Å²) >= 11 is 0. The quantitative estimate of drug-likeness (QED) is 0.456. The van der Waals surface area contributed by atoms with Crippen LogP contribution in [0.25, 0.3) is 11.1 Å². The molecule has 1 amide bonds. The molecule has 154 valence electrons. The second-order valence-corrected chi connectivity index (χ2v) is 8.91. The second kappa shape index (κ2) is 9.61. The summed E-state index contributed by atoms with van der Waals surface area (Å²) in [6.45, 7) is 3.05. The van der Waals surface area contributed by atoms with E-state index in [1.54, 1.807) is 0 Å². The van der Waals surface area contributed by atoms with Gasteiger partial charge < -0.3 is 4.90 Å². The Labute approximate surface area is 176 Å². The lowest BCUT2D eigenvalue weighted by Crippen LogP contribution is -2.28. The van der Waals surface area contributed by atoms with Crippen molar-refractivity contribution >= 4 is 11.6 Å². The lowest BCUT2D eigenvalue weighted by Gasteiger charge is -2.22. The first-order valence-electron chi connectivity index (χ1n) is 11.8. The Bertz CT molecular complexity index is 817. The van der Waals surface area contributed by atoms with E-state index in [4.69, 9.17) is 0 Å². The number of benzene rings is 2. The zero-order valence-corrected chi connectivity index (χ0v) is 18.0. The van der Waals surface area contributed by atoms with E-state index in [2.05, 4.69) is 49.4 Å². The molecule has 2 aromatic rings. The van der Waals surface area contributed by atoms with E-state index in [-0.39, 0.29) is 0 Å². The molecule has 4 rings (SSSR count). The van der Waals surface area contributed by atoms with Crippen LogP contribution in [-0.4, -0.2) is 12.5 Å². The molecule has 2 heteroatoms. The first-order chi connectivity index (χ1) is 14.3. The summed E-state index contributed by atoms with van der Waals surface area (Å²) in [5.74, 6) is 1.05. The highest BCUT2D eigenvalue weighted by Crippen LogP contribution is 2.35.